The molecule has 1 fully saturated rings. The van der Waals surface area contributed by atoms with Crippen LogP contribution < -0.4 is 9.47 Å². The summed E-state index contributed by atoms with van der Waals surface area (Å²) in [6, 6.07) is 5.98. The van der Waals surface area contributed by atoms with Gasteiger partial charge in [0.05, 0.1) is 13.7 Å². The fraction of sp³-hybridized carbons (Fsp3) is 0.444. The number of benzene rings is 1. The minimum Gasteiger partial charge on any atom is -0.494 e. The maximum atomic E-state index is 12.9. The third-order valence-electron chi connectivity index (χ3n) is 4.18. The first-order valence-electron chi connectivity index (χ1n) is 8.52. The SMILES string of the molecule is COC(=C(C#N)C#N)c1ccc(OC2OC(CO)C(O)C(O)C2O)c(OC(F)(F)F)c1. The number of methoxy groups -OCH3 is 1. The molecule has 1 aromatic carbocycles. The molecule has 168 valence electrons. The van der Waals surface area contributed by atoms with Crippen LogP contribution in [0.1, 0.15) is 5.56 Å². The summed E-state index contributed by atoms with van der Waals surface area (Å²) in [5.41, 5.74) is -0.635. The molecular formula is C18H17F3N2O8. The average molecular weight is 446 g/mol. The number of ether oxygens (including phenoxy) is 4. The Morgan fingerprint density at radius 3 is 2.26 bits per heavy atom. The van der Waals surface area contributed by atoms with Crippen LogP contribution in [0.25, 0.3) is 5.76 Å². The molecule has 1 aliphatic heterocycles. The summed E-state index contributed by atoms with van der Waals surface area (Å²) < 4.78 is 57.9. The van der Waals surface area contributed by atoms with Gasteiger partial charge in [-0.05, 0) is 18.2 Å². The van der Waals surface area contributed by atoms with Crippen molar-refractivity contribution < 1.29 is 52.5 Å². The van der Waals surface area contributed by atoms with Gasteiger partial charge < -0.3 is 39.4 Å². The fourth-order valence-corrected chi connectivity index (χ4v) is 2.73. The van der Waals surface area contributed by atoms with Gasteiger partial charge in [0.15, 0.2) is 22.8 Å². The Labute approximate surface area is 173 Å². The third kappa shape index (κ3) is 5.55. The molecule has 0 saturated carbocycles. The summed E-state index contributed by atoms with van der Waals surface area (Å²) in [4.78, 5) is 0. The van der Waals surface area contributed by atoms with E-state index in [2.05, 4.69) is 4.74 Å². The van der Waals surface area contributed by atoms with Crippen molar-refractivity contribution in [2.45, 2.75) is 37.1 Å². The Morgan fingerprint density at radius 2 is 1.74 bits per heavy atom. The van der Waals surface area contributed by atoms with Crippen molar-refractivity contribution in [3.05, 3.63) is 29.3 Å². The number of aliphatic hydroxyl groups excluding tert-OH is 4. The highest BCUT2D eigenvalue weighted by molar-refractivity contribution is 5.72. The number of rotatable bonds is 6. The smallest absolute Gasteiger partial charge is 0.494 e. The maximum Gasteiger partial charge on any atom is 0.573 e. The van der Waals surface area contributed by atoms with Crippen LogP contribution in [-0.2, 0) is 9.47 Å². The van der Waals surface area contributed by atoms with Crippen LogP contribution >= 0.6 is 0 Å². The second kappa shape index (κ2) is 9.82. The summed E-state index contributed by atoms with van der Waals surface area (Å²) in [5, 5.41) is 56.8. The second-order valence-corrected chi connectivity index (χ2v) is 6.16. The van der Waals surface area contributed by atoms with Crippen molar-refractivity contribution >= 4 is 5.76 Å². The minimum atomic E-state index is -5.17. The molecule has 0 bridgehead atoms. The number of alkyl halides is 3. The van der Waals surface area contributed by atoms with E-state index in [1.54, 1.807) is 12.1 Å². The molecule has 13 heteroatoms. The molecule has 0 aromatic heterocycles. The van der Waals surface area contributed by atoms with E-state index in [-0.39, 0.29) is 11.3 Å². The molecule has 2 rings (SSSR count). The minimum absolute atomic E-state index is 0.124. The van der Waals surface area contributed by atoms with Crippen LogP contribution in [0.2, 0.25) is 0 Å². The molecule has 0 aliphatic carbocycles. The lowest BCUT2D eigenvalue weighted by Gasteiger charge is -2.39. The van der Waals surface area contributed by atoms with Gasteiger partial charge in [-0.25, -0.2) is 0 Å². The van der Waals surface area contributed by atoms with Crippen LogP contribution in [0.15, 0.2) is 23.8 Å². The molecule has 5 atom stereocenters. The zero-order valence-corrected chi connectivity index (χ0v) is 15.8. The molecule has 1 aliphatic rings. The lowest BCUT2D eigenvalue weighted by Crippen LogP contribution is -2.60. The van der Waals surface area contributed by atoms with Crippen LogP contribution in [0.3, 0.4) is 0 Å². The molecule has 1 saturated heterocycles. The molecular weight excluding hydrogens is 429 g/mol. The van der Waals surface area contributed by atoms with Crippen LogP contribution in [-0.4, -0.2) is 71.2 Å². The molecule has 0 spiro atoms. The van der Waals surface area contributed by atoms with E-state index in [0.29, 0.717) is 0 Å². The van der Waals surface area contributed by atoms with Gasteiger partial charge in [-0.1, -0.05) is 0 Å². The summed E-state index contributed by atoms with van der Waals surface area (Å²) in [7, 11) is 1.10. The zero-order chi connectivity index (χ0) is 23.3. The van der Waals surface area contributed by atoms with Crippen LogP contribution in [0.5, 0.6) is 11.5 Å². The van der Waals surface area contributed by atoms with E-state index >= 15 is 0 Å². The number of nitriles is 2. The molecule has 10 nitrogen and oxygen atoms in total. The van der Waals surface area contributed by atoms with Crippen LogP contribution in [0.4, 0.5) is 13.2 Å². The van der Waals surface area contributed by atoms with E-state index in [1.165, 1.54) is 0 Å². The third-order valence-corrected chi connectivity index (χ3v) is 4.18. The van der Waals surface area contributed by atoms with E-state index < -0.39 is 60.7 Å². The zero-order valence-electron chi connectivity index (χ0n) is 15.8. The summed E-state index contributed by atoms with van der Waals surface area (Å²) in [6.45, 7) is -0.775. The molecule has 31 heavy (non-hydrogen) atoms. The summed E-state index contributed by atoms with van der Waals surface area (Å²) >= 11 is 0. The van der Waals surface area contributed by atoms with Gasteiger partial charge in [-0.15, -0.1) is 13.2 Å². The Hall–Kier alpha value is -3.07. The number of hydrogen-bond acceptors (Lipinski definition) is 10. The normalized spacial score (nSPS) is 25.7. The lowest BCUT2D eigenvalue weighted by molar-refractivity contribution is -0.284. The van der Waals surface area contributed by atoms with Gasteiger partial charge >= 0.3 is 6.36 Å². The van der Waals surface area contributed by atoms with Crippen LogP contribution in [0, 0.1) is 22.7 Å². The highest BCUT2D eigenvalue weighted by Gasteiger charge is 2.45. The number of hydrogen-bond donors (Lipinski definition) is 4. The Balaban J connectivity index is 2.47. The lowest BCUT2D eigenvalue weighted by atomic mass is 9.99. The summed E-state index contributed by atoms with van der Waals surface area (Å²) in [6.07, 6.45) is -13.7. The topological polar surface area (TPSA) is 165 Å². The van der Waals surface area contributed by atoms with E-state index in [1.807, 2.05) is 0 Å². The number of allylic oxidation sites excluding steroid dienone is 1. The second-order valence-electron chi connectivity index (χ2n) is 6.16. The monoisotopic (exact) mass is 446 g/mol. The Morgan fingerprint density at radius 1 is 1.10 bits per heavy atom. The predicted octanol–water partition coefficient (Wildman–Crippen LogP) is 0.169. The van der Waals surface area contributed by atoms with Crippen molar-refractivity contribution in [2.24, 2.45) is 0 Å². The summed E-state index contributed by atoms with van der Waals surface area (Å²) in [5.74, 6) is -1.86. The van der Waals surface area contributed by atoms with Crippen molar-refractivity contribution in [3.63, 3.8) is 0 Å². The van der Waals surface area contributed by atoms with Gasteiger partial charge in [0, 0.05) is 5.56 Å². The quantitative estimate of drug-likeness (QED) is 0.349. The number of aliphatic hydroxyl groups is 4. The highest BCUT2D eigenvalue weighted by atomic mass is 19.4. The van der Waals surface area contributed by atoms with Crippen molar-refractivity contribution in [1.82, 2.24) is 0 Å². The molecule has 0 radical (unpaired) electrons. The van der Waals surface area contributed by atoms with Gasteiger partial charge in [0.1, 0.15) is 36.6 Å². The predicted molar refractivity (Wildman–Crippen MR) is 92.7 cm³/mol. The van der Waals surface area contributed by atoms with Crippen molar-refractivity contribution in [1.29, 1.82) is 10.5 Å². The fourth-order valence-electron chi connectivity index (χ4n) is 2.73. The number of halogens is 3. The van der Waals surface area contributed by atoms with Crippen molar-refractivity contribution in [2.75, 3.05) is 13.7 Å². The molecule has 0 amide bonds. The van der Waals surface area contributed by atoms with E-state index in [9.17, 15) is 33.6 Å². The first-order valence-corrected chi connectivity index (χ1v) is 8.52. The highest BCUT2D eigenvalue weighted by Crippen LogP contribution is 2.37. The maximum absolute atomic E-state index is 12.9. The Bertz CT molecular complexity index is 891. The number of nitrogens with zero attached hydrogens (tertiary/aromatic N) is 2. The van der Waals surface area contributed by atoms with Gasteiger partial charge in [0.2, 0.25) is 6.29 Å². The van der Waals surface area contributed by atoms with Crippen molar-refractivity contribution in [3.8, 4) is 23.6 Å². The average Bonchev–Trinajstić information content (AvgIpc) is 2.72. The van der Waals surface area contributed by atoms with Gasteiger partial charge in [-0.3, -0.25) is 0 Å². The molecule has 4 N–H and O–H groups in total. The first kappa shape index (κ1) is 24.2. The first-order chi connectivity index (χ1) is 14.6. The van der Waals surface area contributed by atoms with E-state index in [0.717, 1.165) is 25.3 Å². The molecule has 1 aromatic rings. The Kier molecular flexibility index (Phi) is 7.67. The molecule has 1 heterocycles. The standard InChI is InChI=1S/C18H17F3N2O8/c1-28-16(9(5-22)6-23)8-2-3-10(11(4-8)31-18(19,20)21)29-17-15(27)14(26)13(25)12(7-24)30-17/h2-4,12-15,17,24-27H,7H2,1H3. The largest absolute Gasteiger partial charge is 0.573 e. The van der Waals surface area contributed by atoms with Gasteiger partial charge in [0.25, 0.3) is 0 Å². The van der Waals surface area contributed by atoms with Gasteiger partial charge in [-0.2, -0.15) is 10.5 Å². The van der Waals surface area contributed by atoms with E-state index in [4.69, 9.17) is 24.7 Å². The molecule has 5 unspecified atom stereocenters.